The van der Waals surface area contributed by atoms with Crippen LogP contribution in [0, 0.1) is 0 Å². The molecule has 0 atom stereocenters. The summed E-state index contributed by atoms with van der Waals surface area (Å²) in [4.78, 5) is 8.40. The molecule has 0 saturated heterocycles. The molecule has 15 heavy (non-hydrogen) atoms. The van der Waals surface area contributed by atoms with Crippen molar-refractivity contribution in [3.05, 3.63) is 42.7 Å². The highest BCUT2D eigenvalue weighted by atomic mass is 16.5. The highest BCUT2D eigenvalue weighted by Crippen LogP contribution is 2.26. The lowest BCUT2D eigenvalue weighted by Crippen LogP contribution is -1.95. The Morgan fingerprint density at radius 1 is 1.07 bits per heavy atom. The average Bonchev–Trinajstić information content (AvgIpc) is 2.31. The Hall–Kier alpha value is -1.90. The van der Waals surface area contributed by atoms with E-state index in [1.807, 2.05) is 31.2 Å². The van der Waals surface area contributed by atoms with Gasteiger partial charge in [-0.05, 0) is 25.1 Å². The van der Waals surface area contributed by atoms with Gasteiger partial charge < -0.3 is 4.74 Å². The lowest BCUT2D eigenvalue weighted by atomic mass is 10.2. The van der Waals surface area contributed by atoms with Gasteiger partial charge in [-0.1, -0.05) is 12.1 Å². The molecule has 0 bridgehead atoms. The van der Waals surface area contributed by atoms with E-state index in [-0.39, 0.29) is 0 Å². The van der Waals surface area contributed by atoms with Gasteiger partial charge in [0.25, 0.3) is 0 Å². The van der Waals surface area contributed by atoms with Crippen LogP contribution < -0.4 is 4.74 Å². The maximum Gasteiger partial charge on any atom is 0.162 e. The molecule has 0 aliphatic rings. The quantitative estimate of drug-likeness (QED) is 0.763. The number of benzene rings is 1. The van der Waals surface area contributed by atoms with Crippen LogP contribution in [-0.2, 0) is 0 Å². The minimum atomic E-state index is 0.643. The van der Waals surface area contributed by atoms with E-state index >= 15 is 0 Å². The first-order chi connectivity index (χ1) is 7.42. The van der Waals surface area contributed by atoms with Gasteiger partial charge in [0.15, 0.2) is 5.82 Å². The van der Waals surface area contributed by atoms with Gasteiger partial charge in [0, 0.05) is 12.4 Å². The Labute approximate surface area is 88.8 Å². The van der Waals surface area contributed by atoms with E-state index in [0.717, 1.165) is 11.3 Å². The molecule has 0 amide bonds. The average molecular weight is 200 g/mol. The van der Waals surface area contributed by atoms with Gasteiger partial charge in [-0.15, -0.1) is 0 Å². The van der Waals surface area contributed by atoms with Gasteiger partial charge in [0.1, 0.15) is 5.75 Å². The van der Waals surface area contributed by atoms with E-state index in [1.165, 1.54) is 0 Å². The molecule has 2 rings (SSSR count). The number of hydrogen-bond donors (Lipinski definition) is 0. The topological polar surface area (TPSA) is 35.0 Å². The molecule has 0 spiro atoms. The molecule has 0 fully saturated rings. The van der Waals surface area contributed by atoms with Crippen molar-refractivity contribution in [2.45, 2.75) is 6.92 Å². The molecular weight excluding hydrogens is 188 g/mol. The zero-order valence-electron chi connectivity index (χ0n) is 8.55. The summed E-state index contributed by atoms with van der Waals surface area (Å²) in [5.41, 5.74) is 0.931. The molecule has 76 valence electrons. The van der Waals surface area contributed by atoms with Crippen molar-refractivity contribution in [3.8, 4) is 17.1 Å². The smallest absolute Gasteiger partial charge is 0.162 e. The lowest BCUT2D eigenvalue weighted by molar-refractivity contribution is 0.341. The second-order valence-electron chi connectivity index (χ2n) is 3.00. The largest absolute Gasteiger partial charge is 0.493 e. The van der Waals surface area contributed by atoms with Gasteiger partial charge in [0.05, 0.1) is 12.2 Å². The molecule has 2 aromatic rings. The van der Waals surface area contributed by atoms with Crippen LogP contribution >= 0.6 is 0 Å². The number of ether oxygens (including phenoxy) is 1. The van der Waals surface area contributed by atoms with Crippen molar-refractivity contribution < 1.29 is 4.74 Å². The molecule has 1 aromatic carbocycles. The van der Waals surface area contributed by atoms with Crippen molar-refractivity contribution >= 4 is 0 Å². The second-order valence-corrected chi connectivity index (χ2v) is 3.00. The molecule has 0 unspecified atom stereocenters. The first-order valence-electron chi connectivity index (χ1n) is 4.91. The zero-order valence-corrected chi connectivity index (χ0v) is 8.55. The fourth-order valence-corrected chi connectivity index (χ4v) is 1.37. The predicted octanol–water partition coefficient (Wildman–Crippen LogP) is 2.54. The number of hydrogen-bond acceptors (Lipinski definition) is 3. The van der Waals surface area contributed by atoms with E-state index in [0.29, 0.717) is 12.4 Å². The summed E-state index contributed by atoms with van der Waals surface area (Å²) in [5, 5.41) is 0. The Morgan fingerprint density at radius 2 is 1.80 bits per heavy atom. The Morgan fingerprint density at radius 3 is 2.53 bits per heavy atom. The highest BCUT2D eigenvalue weighted by Gasteiger charge is 2.06. The summed E-state index contributed by atoms with van der Waals surface area (Å²) in [5.74, 6) is 1.52. The first-order valence-corrected chi connectivity index (χ1v) is 4.91. The minimum Gasteiger partial charge on any atom is -0.493 e. The van der Waals surface area contributed by atoms with E-state index in [4.69, 9.17) is 4.74 Å². The molecule has 0 saturated carbocycles. The molecule has 0 aliphatic carbocycles. The summed E-state index contributed by atoms with van der Waals surface area (Å²) in [6.07, 6.45) is 3.45. The number of nitrogens with zero attached hydrogens (tertiary/aromatic N) is 2. The van der Waals surface area contributed by atoms with Crippen LogP contribution in [0.3, 0.4) is 0 Å². The summed E-state index contributed by atoms with van der Waals surface area (Å²) < 4.78 is 5.51. The Bertz CT molecular complexity index is 429. The third-order valence-corrected chi connectivity index (χ3v) is 1.99. The maximum atomic E-state index is 5.51. The first kappa shape index (κ1) is 9.65. The fourth-order valence-electron chi connectivity index (χ4n) is 1.37. The third kappa shape index (κ3) is 2.13. The normalized spacial score (nSPS) is 9.93. The monoisotopic (exact) mass is 200 g/mol. The molecule has 0 radical (unpaired) electrons. The van der Waals surface area contributed by atoms with Crippen LogP contribution in [0.1, 0.15) is 6.92 Å². The minimum absolute atomic E-state index is 0.643. The van der Waals surface area contributed by atoms with Gasteiger partial charge in [-0.3, -0.25) is 0 Å². The lowest BCUT2D eigenvalue weighted by Gasteiger charge is -2.07. The number of rotatable bonds is 3. The molecule has 1 heterocycles. The molecule has 3 heteroatoms. The van der Waals surface area contributed by atoms with E-state index in [2.05, 4.69) is 9.97 Å². The maximum absolute atomic E-state index is 5.51. The van der Waals surface area contributed by atoms with Crippen LogP contribution in [0.2, 0.25) is 0 Å². The van der Waals surface area contributed by atoms with Crippen LogP contribution in [-0.4, -0.2) is 16.6 Å². The fraction of sp³-hybridized carbons (Fsp3) is 0.167. The molecular formula is C12H12N2O. The van der Waals surface area contributed by atoms with Crippen LogP contribution in [0.15, 0.2) is 42.7 Å². The van der Waals surface area contributed by atoms with Crippen molar-refractivity contribution in [1.82, 2.24) is 9.97 Å². The summed E-state index contributed by atoms with van der Waals surface area (Å²) in [7, 11) is 0. The van der Waals surface area contributed by atoms with Crippen molar-refractivity contribution in [1.29, 1.82) is 0 Å². The molecule has 0 N–H and O–H groups in total. The summed E-state index contributed by atoms with van der Waals surface area (Å²) >= 11 is 0. The van der Waals surface area contributed by atoms with Gasteiger partial charge in [-0.2, -0.15) is 0 Å². The van der Waals surface area contributed by atoms with Crippen LogP contribution in [0.25, 0.3) is 11.4 Å². The van der Waals surface area contributed by atoms with Crippen molar-refractivity contribution in [2.75, 3.05) is 6.61 Å². The Kier molecular flexibility index (Phi) is 2.93. The SMILES string of the molecule is CCOc1ccccc1-c1ncccn1. The number of aromatic nitrogens is 2. The molecule has 3 nitrogen and oxygen atoms in total. The van der Waals surface area contributed by atoms with Gasteiger partial charge in [0.2, 0.25) is 0 Å². The Balaban J connectivity index is 2.43. The second kappa shape index (κ2) is 4.55. The van der Waals surface area contributed by atoms with Gasteiger partial charge in [-0.25, -0.2) is 9.97 Å². The molecule has 0 aliphatic heterocycles. The zero-order chi connectivity index (χ0) is 10.5. The standard InChI is InChI=1S/C12H12N2O/c1-2-15-11-7-4-3-6-10(11)12-13-8-5-9-14-12/h3-9H,2H2,1H3. The van der Waals surface area contributed by atoms with Crippen LogP contribution in [0.4, 0.5) is 0 Å². The summed E-state index contributed by atoms with van der Waals surface area (Å²) in [6.45, 7) is 2.60. The number of para-hydroxylation sites is 1. The van der Waals surface area contributed by atoms with E-state index in [9.17, 15) is 0 Å². The van der Waals surface area contributed by atoms with Crippen LogP contribution in [0.5, 0.6) is 5.75 Å². The van der Waals surface area contributed by atoms with E-state index in [1.54, 1.807) is 18.5 Å². The highest BCUT2D eigenvalue weighted by molar-refractivity contribution is 5.63. The van der Waals surface area contributed by atoms with Crippen molar-refractivity contribution in [2.24, 2.45) is 0 Å². The summed E-state index contributed by atoms with van der Waals surface area (Å²) in [6, 6.07) is 9.58. The third-order valence-electron chi connectivity index (χ3n) is 1.99. The molecule has 1 aromatic heterocycles. The van der Waals surface area contributed by atoms with E-state index < -0.39 is 0 Å². The predicted molar refractivity (Wildman–Crippen MR) is 58.6 cm³/mol. The van der Waals surface area contributed by atoms with Gasteiger partial charge >= 0.3 is 0 Å². The van der Waals surface area contributed by atoms with Crippen molar-refractivity contribution in [3.63, 3.8) is 0 Å².